The van der Waals surface area contributed by atoms with E-state index in [4.69, 9.17) is 5.84 Å². The molecule has 56 valence electrons. The van der Waals surface area contributed by atoms with Crippen LogP contribution in [0.2, 0.25) is 0 Å². The Labute approximate surface area is 62.0 Å². The molecule has 3 N–H and O–H groups in total. The molecular formula is C5H6N6. The highest BCUT2D eigenvalue weighted by atomic mass is 15.3. The van der Waals surface area contributed by atoms with Crippen LogP contribution in [0, 0.1) is 0 Å². The van der Waals surface area contributed by atoms with Crippen LogP contribution in [0.25, 0.3) is 5.78 Å². The van der Waals surface area contributed by atoms with Crippen molar-refractivity contribution >= 4 is 11.6 Å². The number of hydrazine groups is 1. The van der Waals surface area contributed by atoms with Gasteiger partial charge in [0.25, 0.3) is 5.78 Å². The van der Waals surface area contributed by atoms with Crippen molar-refractivity contribution < 1.29 is 0 Å². The summed E-state index contributed by atoms with van der Waals surface area (Å²) < 4.78 is 1.65. The molecule has 2 heterocycles. The average molecular weight is 150 g/mol. The quantitative estimate of drug-likeness (QED) is 0.419. The molecule has 2 rings (SSSR count). The summed E-state index contributed by atoms with van der Waals surface area (Å²) >= 11 is 0. The van der Waals surface area contributed by atoms with E-state index in [2.05, 4.69) is 20.6 Å². The Bertz CT molecular complexity index is 366. The second-order valence-electron chi connectivity index (χ2n) is 1.98. The zero-order valence-electron chi connectivity index (χ0n) is 5.60. The molecule has 2 aromatic heterocycles. The van der Waals surface area contributed by atoms with Gasteiger partial charge in [0, 0.05) is 6.20 Å². The van der Waals surface area contributed by atoms with Gasteiger partial charge in [-0.1, -0.05) is 0 Å². The summed E-state index contributed by atoms with van der Waals surface area (Å²) in [7, 11) is 0. The van der Waals surface area contributed by atoms with Gasteiger partial charge < -0.3 is 5.43 Å². The maximum absolute atomic E-state index is 5.22. The van der Waals surface area contributed by atoms with Crippen molar-refractivity contribution in [2.45, 2.75) is 0 Å². The number of nitrogens with zero attached hydrogens (tertiary/aromatic N) is 4. The molecule has 0 fully saturated rings. The molecule has 0 bridgehead atoms. The summed E-state index contributed by atoms with van der Waals surface area (Å²) in [6, 6.07) is 1.73. The Morgan fingerprint density at radius 3 is 3.27 bits per heavy atom. The highest BCUT2D eigenvalue weighted by molar-refractivity contribution is 5.41. The van der Waals surface area contributed by atoms with Crippen molar-refractivity contribution in [1.29, 1.82) is 0 Å². The Kier molecular flexibility index (Phi) is 1.19. The fraction of sp³-hybridized carbons (Fsp3) is 0. The van der Waals surface area contributed by atoms with E-state index in [1.54, 1.807) is 16.7 Å². The lowest BCUT2D eigenvalue weighted by Crippen LogP contribution is -2.10. The van der Waals surface area contributed by atoms with E-state index in [0.29, 0.717) is 11.6 Å². The predicted octanol–water partition coefficient (Wildman–Crippen LogP) is -0.590. The van der Waals surface area contributed by atoms with Crippen LogP contribution in [0.1, 0.15) is 0 Å². The summed E-state index contributed by atoms with van der Waals surface area (Å²) in [5, 5.41) is 7.40. The van der Waals surface area contributed by atoms with Crippen molar-refractivity contribution in [3.63, 3.8) is 0 Å². The van der Waals surface area contributed by atoms with Crippen LogP contribution in [-0.4, -0.2) is 19.6 Å². The average Bonchev–Trinajstić information content (AvgIpc) is 2.50. The van der Waals surface area contributed by atoms with Crippen molar-refractivity contribution in [3.8, 4) is 0 Å². The van der Waals surface area contributed by atoms with Crippen molar-refractivity contribution in [3.05, 3.63) is 18.6 Å². The van der Waals surface area contributed by atoms with Gasteiger partial charge in [0.15, 0.2) is 0 Å². The van der Waals surface area contributed by atoms with Gasteiger partial charge >= 0.3 is 0 Å². The highest BCUT2D eigenvalue weighted by Crippen LogP contribution is 2.04. The zero-order valence-corrected chi connectivity index (χ0v) is 5.60. The smallest absolute Gasteiger partial charge is 0.256 e. The van der Waals surface area contributed by atoms with Crippen LogP contribution < -0.4 is 11.3 Å². The first kappa shape index (κ1) is 6.05. The molecule has 0 aliphatic heterocycles. The topological polar surface area (TPSA) is 81.1 Å². The Balaban J connectivity index is 2.79. The lowest BCUT2D eigenvalue weighted by molar-refractivity contribution is 1.09. The molecule has 0 amide bonds. The summed E-state index contributed by atoms with van der Waals surface area (Å²) in [4.78, 5) is 3.94. The van der Waals surface area contributed by atoms with Crippen molar-refractivity contribution in [1.82, 2.24) is 19.6 Å². The molecule has 0 saturated carbocycles. The van der Waals surface area contributed by atoms with E-state index in [9.17, 15) is 0 Å². The third-order valence-corrected chi connectivity index (χ3v) is 1.36. The van der Waals surface area contributed by atoms with Gasteiger partial charge in [-0.25, -0.2) is 10.8 Å². The van der Waals surface area contributed by atoms with Crippen molar-refractivity contribution in [2.24, 2.45) is 5.84 Å². The predicted molar refractivity (Wildman–Crippen MR) is 38.6 cm³/mol. The first-order valence-corrected chi connectivity index (χ1v) is 3.03. The standard InChI is InChI=1S/C5H6N6/c6-9-4-1-2-7-5-10-8-3-11(4)5/h1-3,9H,6H2. The number of aromatic nitrogens is 4. The number of hydrogen-bond acceptors (Lipinski definition) is 5. The van der Waals surface area contributed by atoms with Crippen LogP contribution in [0.4, 0.5) is 5.82 Å². The second-order valence-corrected chi connectivity index (χ2v) is 1.98. The Hall–Kier alpha value is -1.69. The number of rotatable bonds is 1. The molecule has 6 heteroatoms. The molecular weight excluding hydrogens is 144 g/mol. The lowest BCUT2D eigenvalue weighted by Gasteiger charge is -1.99. The number of anilines is 1. The molecule has 0 saturated heterocycles. The Morgan fingerprint density at radius 2 is 2.45 bits per heavy atom. The molecule has 2 aromatic rings. The van der Waals surface area contributed by atoms with Crippen LogP contribution in [-0.2, 0) is 0 Å². The van der Waals surface area contributed by atoms with Gasteiger partial charge in [-0.15, -0.1) is 10.2 Å². The maximum atomic E-state index is 5.22. The summed E-state index contributed by atoms with van der Waals surface area (Å²) in [6.45, 7) is 0. The summed E-state index contributed by atoms with van der Waals surface area (Å²) in [5.41, 5.74) is 2.50. The lowest BCUT2D eigenvalue weighted by atomic mass is 10.6. The molecule has 0 atom stereocenters. The summed E-state index contributed by atoms with van der Waals surface area (Å²) in [6.07, 6.45) is 3.15. The zero-order chi connectivity index (χ0) is 7.68. The second kappa shape index (κ2) is 2.17. The van der Waals surface area contributed by atoms with Gasteiger partial charge in [-0.05, 0) is 6.07 Å². The minimum Gasteiger partial charge on any atom is -0.309 e. The van der Waals surface area contributed by atoms with Crippen LogP contribution in [0.3, 0.4) is 0 Å². The molecule has 6 nitrogen and oxygen atoms in total. The first-order valence-electron chi connectivity index (χ1n) is 3.03. The molecule has 0 aliphatic rings. The van der Waals surface area contributed by atoms with Gasteiger partial charge in [0.05, 0.1) is 0 Å². The number of hydrogen-bond donors (Lipinski definition) is 2. The molecule has 0 unspecified atom stereocenters. The number of nitrogen functional groups attached to an aromatic ring is 1. The minimum absolute atomic E-state index is 0.528. The third kappa shape index (κ3) is 0.802. The molecule has 0 radical (unpaired) electrons. The molecule has 0 aliphatic carbocycles. The Morgan fingerprint density at radius 1 is 1.55 bits per heavy atom. The largest absolute Gasteiger partial charge is 0.309 e. The fourth-order valence-electron chi connectivity index (χ4n) is 0.859. The van der Waals surface area contributed by atoms with E-state index in [1.807, 2.05) is 0 Å². The van der Waals surface area contributed by atoms with E-state index >= 15 is 0 Å². The van der Waals surface area contributed by atoms with Gasteiger partial charge in [-0.2, -0.15) is 0 Å². The maximum Gasteiger partial charge on any atom is 0.256 e. The number of nitrogens with two attached hydrogens (primary N) is 1. The van der Waals surface area contributed by atoms with Crippen LogP contribution >= 0.6 is 0 Å². The van der Waals surface area contributed by atoms with E-state index in [0.717, 1.165) is 0 Å². The number of fused-ring (bicyclic) bond motifs is 1. The van der Waals surface area contributed by atoms with E-state index in [1.165, 1.54) is 6.33 Å². The molecule has 0 spiro atoms. The highest BCUT2D eigenvalue weighted by Gasteiger charge is 1.98. The van der Waals surface area contributed by atoms with Gasteiger partial charge in [0.1, 0.15) is 12.1 Å². The van der Waals surface area contributed by atoms with E-state index in [-0.39, 0.29) is 0 Å². The van der Waals surface area contributed by atoms with Crippen molar-refractivity contribution in [2.75, 3.05) is 5.43 Å². The van der Waals surface area contributed by atoms with Crippen LogP contribution in [0.15, 0.2) is 18.6 Å². The summed E-state index contributed by atoms with van der Waals surface area (Å²) in [5.74, 6) is 6.46. The third-order valence-electron chi connectivity index (χ3n) is 1.36. The molecule has 11 heavy (non-hydrogen) atoms. The van der Waals surface area contributed by atoms with E-state index < -0.39 is 0 Å². The first-order chi connectivity index (χ1) is 5.42. The minimum atomic E-state index is 0.528. The SMILES string of the molecule is NNc1ccnc2nncn12. The fourth-order valence-corrected chi connectivity index (χ4v) is 0.859. The normalized spacial score (nSPS) is 10.3. The number of nitrogens with one attached hydrogen (secondary N) is 1. The van der Waals surface area contributed by atoms with Gasteiger partial charge in [0.2, 0.25) is 0 Å². The molecule has 0 aromatic carbocycles. The van der Waals surface area contributed by atoms with Crippen LogP contribution in [0.5, 0.6) is 0 Å². The van der Waals surface area contributed by atoms with Gasteiger partial charge in [-0.3, -0.25) is 4.40 Å². The monoisotopic (exact) mass is 150 g/mol.